The van der Waals surface area contributed by atoms with Crippen LogP contribution >= 0.6 is 11.6 Å². The third-order valence-electron chi connectivity index (χ3n) is 3.26. The summed E-state index contributed by atoms with van der Waals surface area (Å²) in [5, 5.41) is 9.53. The molecule has 3 rings (SSSR count). The maximum atomic E-state index is 8.78. The van der Waals surface area contributed by atoms with Crippen molar-refractivity contribution in [2.24, 2.45) is 0 Å². The van der Waals surface area contributed by atoms with E-state index < -0.39 is 0 Å². The molecule has 0 saturated heterocycles. The normalized spacial score (nSPS) is 9.56. The molecular formula is C20H18ClN3O. The van der Waals surface area contributed by atoms with Gasteiger partial charge in [0.2, 0.25) is 0 Å². The number of rotatable bonds is 2. The predicted molar refractivity (Wildman–Crippen MR) is 98.9 cm³/mol. The lowest BCUT2D eigenvalue weighted by Gasteiger charge is -2.08. The van der Waals surface area contributed by atoms with Gasteiger partial charge in [-0.05, 0) is 62.7 Å². The van der Waals surface area contributed by atoms with E-state index in [0.717, 1.165) is 33.5 Å². The summed E-state index contributed by atoms with van der Waals surface area (Å²) in [6.07, 6.45) is 3.40. The molecule has 25 heavy (non-hydrogen) atoms. The number of hydrogen-bond acceptors (Lipinski definition) is 4. The Labute approximate surface area is 152 Å². The van der Waals surface area contributed by atoms with E-state index >= 15 is 0 Å². The zero-order valence-electron chi connectivity index (χ0n) is 14.3. The van der Waals surface area contributed by atoms with E-state index in [1.165, 1.54) is 0 Å². The number of ether oxygens (including phenoxy) is 1. The molecular weight excluding hydrogens is 334 g/mol. The SMILES string of the molecule is Cc1cc(Cl)ccn1.Cc1cc(Oc2ccc(C#N)cc2C)ccn1. The van der Waals surface area contributed by atoms with E-state index in [0.29, 0.717) is 5.56 Å². The summed E-state index contributed by atoms with van der Waals surface area (Å²) in [5.74, 6) is 1.51. The summed E-state index contributed by atoms with van der Waals surface area (Å²) in [7, 11) is 0. The number of halogens is 1. The fourth-order valence-corrected chi connectivity index (χ4v) is 2.27. The highest BCUT2D eigenvalue weighted by atomic mass is 35.5. The molecule has 0 aliphatic rings. The molecule has 0 unspecified atom stereocenters. The van der Waals surface area contributed by atoms with E-state index in [1.54, 1.807) is 24.5 Å². The van der Waals surface area contributed by atoms with E-state index in [9.17, 15) is 0 Å². The zero-order valence-corrected chi connectivity index (χ0v) is 15.1. The van der Waals surface area contributed by atoms with Crippen molar-refractivity contribution >= 4 is 11.6 Å². The number of nitrogens with zero attached hydrogens (tertiary/aromatic N) is 3. The summed E-state index contributed by atoms with van der Waals surface area (Å²) >= 11 is 5.60. The number of aryl methyl sites for hydroxylation is 3. The van der Waals surface area contributed by atoms with Gasteiger partial charge in [0.1, 0.15) is 11.5 Å². The second-order valence-electron chi connectivity index (χ2n) is 5.44. The van der Waals surface area contributed by atoms with Gasteiger partial charge in [-0.1, -0.05) is 11.6 Å². The molecule has 0 fully saturated rings. The Morgan fingerprint density at radius 3 is 2.12 bits per heavy atom. The molecule has 0 saturated carbocycles. The predicted octanol–water partition coefficient (Wildman–Crippen LogP) is 5.41. The smallest absolute Gasteiger partial charge is 0.130 e. The standard InChI is InChI=1S/C14H12N2O.C6H6ClN/c1-10-7-12(9-15)3-4-14(10)17-13-5-6-16-11(2)8-13;1-5-4-6(7)2-3-8-5/h3-8H,1-2H3;2-4H,1H3. The van der Waals surface area contributed by atoms with Gasteiger partial charge in [0.25, 0.3) is 0 Å². The van der Waals surface area contributed by atoms with Crippen LogP contribution in [0.3, 0.4) is 0 Å². The molecule has 0 aliphatic carbocycles. The average Bonchev–Trinajstić information content (AvgIpc) is 2.57. The van der Waals surface area contributed by atoms with Crippen molar-refractivity contribution in [1.82, 2.24) is 9.97 Å². The van der Waals surface area contributed by atoms with Crippen LogP contribution in [0.5, 0.6) is 11.5 Å². The number of benzene rings is 1. The largest absolute Gasteiger partial charge is 0.457 e. The number of pyridine rings is 2. The van der Waals surface area contributed by atoms with Crippen molar-refractivity contribution in [2.45, 2.75) is 20.8 Å². The fraction of sp³-hybridized carbons (Fsp3) is 0.150. The summed E-state index contributed by atoms with van der Waals surface area (Å²) in [6, 6.07) is 14.7. The molecule has 2 aromatic heterocycles. The summed E-state index contributed by atoms with van der Waals surface area (Å²) in [5.41, 5.74) is 3.45. The van der Waals surface area contributed by atoms with Gasteiger partial charge in [-0.25, -0.2) is 0 Å². The average molecular weight is 352 g/mol. The second-order valence-corrected chi connectivity index (χ2v) is 5.88. The maximum Gasteiger partial charge on any atom is 0.130 e. The lowest BCUT2D eigenvalue weighted by molar-refractivity contribution is 0.477. The minimum absolute atomic E-state index is 0.640. The Hall–Kier alpha value is -2.90. The molecule has 0 N–H and O–H groups in total. The van der Waals surface area contributed by atoms with Crippen molar-refractivity contribution in [3.8, 4) is 17.6 Å². The highest BCUT2D eigenvalue weighted by molar-refractivity contribution is 6.30. The molecule has 0 radical (unpaired) electrons. The van der Waals surface area contributed by atoms with Crippen molar-refractivity contribution in [1.29, 1.82) is 5.26 Å². The van der Waals surface area contributed by atoms with Crippen molar-refractivity contribution in [3.05, 3.63) is 82.4 Å². The number of nitriles is 1. The number of aromatic nitrogens is 2. The molecule has 5 heteroatoms. The molecule has 0 bridgehead atoms. The first-order valence-corrected chi connectivity index (χ1v) is 8.05. The first-order valence-electron chi connectivity index (χ1n) is 7.67. The van der Waals surface area contributed by atoms with Crippen LogP contribution < -0.4 is 4.74 Å². The maximum absolute atomic E-state index is 8.78. The van der Waals surface area contributed by atoms with Gasteiger partial charge in [0, 0.05) is 34.9 Å². The first kappa shape index (κ1) is 18.4. The molecule has 3 aromatic rings. The summed E-state index contributed by atoms with van der Waals surface area (Å²) in [6.45, 7) is 5.74. The topological polar surface area (TPSA) is 58.8 Å². The lowest BCUT2D eigenvalue weighted by atomic mass is 10.1. The summed E-state index contributed by atoms with van der Waals surface area (Å²) in [4.78, 5) is 8.06. The molecule has 4 nitrogen and oxygen atoms in total. The first-order chi connectivity index (χ1) is 12.0. The van der Waals surface area contributed by atoms with Gasteiger partial charge in [0.15, 0.2) is 0 Å². The molecule has 0 amide bonds. The summed E-state index contributed by atoms with van der Waals surface area (Å²) < 4.78 is 5.74. The zero-order chi connectivity index (χ0) is 18.2. The van der Waals surface area contributed by atoms with E-state index in [-0.39, 0.29) is 0 Å². The van der Waals surface area contributed by atoms with Crippen LogP contribution in [0.4, 0.5) is 0 Å². The van der Waals surface area contributed by atoms with Gasteiger partial charge < -0.3 is 4.74 Å². The van der Waals surface area contributed by atoms with E-state index in [2.05, 4.69) is 16.0 Å². The Balaban J connectivity index is 0.000000236. The van der Waals surface area contributed by atoms with Crippen molar-refractivity contribution in [2.75, 3.05) is 0 Å². The van der Waals surface area contributed by atoms with E-state index in [1.807, 2.05) is 51.1 Å². The third-order valence-corrected chi connectivity index (χ3v) is 3.49. The molecule has 1 aromatic carbocycles. The van der Waals surface area contributed by atoms with Crippen molar-refractivity contribution in [3.63, 3.8) is 0 Å². The van der Waals surface area contributed by atoms with Gasteiger partial charge in [-0.15, -0.1) is 0 Å². The van der Waals surface area contributed by atoms with Crippen LogP contribution in [0, 0.1) is 32.1 Å². The van der Waals surface area contributed by atoms with Crippen LogP contribution in [0.2, 0.25) is 5.02 Å². The van der Waals surface area contributed by atoms with Gasteiger partial charge in [-0.2, -0.15) is 5.26 Å². The number of hydrogen-bond donors (Lipinski definition) is 0. The van der Waals surface area contributed by atoms with Gasteiger partial charge >= 0.3 is 0 Å². The van der Waals surface area contributed by atoms with Crippen LogP contribution in [-0.4, -0.2) is 9.97 Å². The Morgan fingerprint density at radius 2 is 1.60 bits per heavy atom. The molecule has 2 heterocycles. The Bertz CT molecular complexity index is 886. The lowest BCUT2D eigenvalue weighted by Crippen LogP contribution is -1.90. The molecule has 0 spiro atoms. The Morgan fingerprint density at radius 1 is 0.920 bits per heavy atom. The highest BCUT2D eigenvalue weighted by Gasteiger charge is 2.03. The van der Waals surface area contributed by atoms with E-state index in [4.69, 9.17) is 21.6 Å². The van der Waals surface area contributed by atoms with Gasteiger partial charge in [-0.3, -0.25) is 9.97 Å². The highest BCUT2D eigenvalue weighted by Crippen LogP contribution is 2.25. The molecule has 126 valence electrons. The third kappa shape index (κ3) is 5.91. The minimum Gasteiger partial charge on any atom is -0.457 e. The van der Waals surface area contributed by atoms with Crippen molar-refractivity contribution < 1.29 is 4.74 Å². The van der Waals surface area contributed by atoms with Gasteiger partial charge in [0.05, 0.1) is 11.6 Å². The molecule has 0 atom stereocenters. The van der Waals surface area contributed by atoms with Crippen LogP contribution in [0.25, 0.3) is 0 Å². The quantitative estimate of drug-likeness (QED) is 0.619. The van der Waals surface area contributed by atoms with Crippen LogP contribution in [0.1, 0.15) is 22.5 Å². The molecule has 0 aliphatic heterocycles. The minimum atomic E-state index is 0.640. The monoisotopic (exact) mass is 351 g/mol. The van der Waals surface area contributed by atoms with Crippen LogP contribution in [0.15, 0.2) is 54.9 Å². The Kier molecular flexibility index (Phi) is 6.50. The van der Waals surface area contributed by atoms with Crippen LogP contribution in [-0.2, 0) is 0 Å². The second kappa shape index (κ2) is 8.81. The fourth-order valence-electron chi connectivity index (χ4n) is 2.05.